The molecule has 0 fully saturated rings. The molecular formula is C21H21ClN4O. The first-order valence-corrected chi connectivity index (χ1v) is 9.15. The van der Waals surface area contributed by atoms with Gasteiger partial charge in [0.05, 0.1) is 12.4 Å². The van der Waals surface area contributed by atoms with Crippen LogP contribution < -0.4 is 10.6 Å². The van der Waals surface area contributed by atoms with Gasteiger partial charge in [-0.05, 0) is 42.2 Å². The predicted octanol–water partition coefficient (Wildman–Crippen LogP) is 4.87. The molecule has 1 amide bonds. The van der Waals surface area contributed by atoms with Crippen molar-refractivity contribution in [3.8, 4) is 0 Å². The fourth-order valence-corrected chi connectivity index (χ4v) is 2.84. The van der Waals surface area contributed by atoms with E-state index in [0.717, 1.165) is 28.8 Å². The quantitative estimate of drug-likeness (QED) is 0.640. The normalized spacial score (nSPS) is 10.5. The number of carbonyl (C=O) groups is 1. The van der Waals surface area contributed by atoms with E-state index in [-0.39, 0.29) is 11.6 Å². The number of aryl methyl sites for hydroxylation is 2. The standard InChI is InChI=1S/C21H21ClN4O/c1-3-16-6-4-5-14(2)20(16)26-21(27)18-12-25-19(13-23-18)24-11-15-7-9-17(22)10-8-15/h4-10,12-13H,3,11H2,1-2H3,(H,24,25)(H,26,27). The molecule has 0 bridgehead atoms. The second-order valence-electron chi connectivity index (χ2n) is 6.18. The topological polar surface area (TPSA) is 66.9 Å². The Morgan fingerprint density at radius 3 is 2.52 bits per heavy atom. The van der Waals surface area contributed by atoms with Gasteiger partial charge in [-0.2, -0.15) is 0 Å². The molecule has 2 aromatic carbocycles. The third kappa shape index (κ3) is 4.83. The van der Waals surface area contributed by atoms with Crippen LogP contribution in [-0.4, -0.2) is 15.9 Å². The molecule has 0 aliphatic rings. The van der Waals surface area contributed by atoms with Crippen LogP contribution in [0.1, 0.15) is 34.1 Å². The summed E-state index contributed by atoms with van der Waals surface area (Å²) in [4.78, 5) is 21.0. The first kappa shape index (κ1) is 18.9. The van der Waals surface area contributed by atoms with Crippen LogP contribution in [0.4, 0.5) is 11.5 Å². The van der Waals surface area contributed by atoms with Gasteiger partial charge in [-0.3, -0.25) is 4.79 Å². The lowest BCUT2D eigenvalue weighted by Gasteiger charge is -2.12. The molecule has 138 valence electrons. The third-order valence-electron chi connectivity index (χ3n) is 4.25. The van der Waals surface area contributed by atoms with Gasteiger partial charge in [0.15, 0.2) is 0 Å². The number of rotatable bonds is 6. The van der Waals surface area contributed by atoms with Gasteiger partial charge in [-0.25, -0.2) is 9.97 Å². The largest absolute Gasteiger partial charge is 0.365 e. The molecule has 0 aliphatic carbocycles. The zero-order valence-electron chi connectivity index (χ0n) is 15.3. The maximum Gasteiger partial charge on any atom is 0.275 e. The Labute approximate surface area is 163 Å². The minimum absolute atomic E-state index is 0.268. The number of nitrogens with one attached hydrogen (secondary N) is 2. The molecule has 0 unspecified atom stereocenters. The first-order chi connectivity index (χ1) is 13.1. The van der Waals surface area contributed by atoms with Crippen molar-refractivity contribution in [1.82, 2.24) is 9.97 Å². The summed E-state index contributed by atoms with van der Waals surface area (Å²) < 4.78 is 0. The highest BCUT2D eigenvalue weighted by atomic mass is 35.5. The minimum Gasteiger partial charge on any atom is -0.365 e. The summed E-state index contributed by atoms with van der Waals surface area (Å²) in [5.74, 6) is 0.336. The highest BCUT2D eigenvalue weighted by Gasteiger charge is 2.12. The summed E-state index contributed by atoms with van der Waals surface area (Å²) in [5.41, 5.74) is 4.32. The molecule has 1 aromatic heterocycles. The van der Waals surface area contributed by atoms with Gasteiger partial charge in [-0.1, -0.05) is 48.9 Å². The monoisotopic (exact) mass is 380 g/mol. The second-order valence-corrected chi connectivity index (χ2v) is 6.62. The maximum absolute atomic E-state index is 12.5. The van der Waals surface area contributed by atoms with E-state index in [1.165, 1.54) is 6.20 Å². The van der Waals surface area contributed by atoms with E-state index in [1.54, 1.807) is 6.20 Å². The summed E-state index contributed by atoms with van der Waals surface area (Å²) in [6, 6.07) is 13.5. The molecule has 5 nitrogen and oxygen atoms in total. The second kappa shape index (κ2) is 8.64. The van der Waals surface area contributed by atoms with Gasteiger partial charge >= 0.3 is 0 Å². The predicted molar refractivity (Wildman–Crippen MR) is 109 cm³/mol. The van der Waals surface area contributed by atoms with Crippen LogP contribution in [0.3, 0.4) is 0 Å². The summed E-state index contributed by atoms with van der Waals surface area (Å²) in [6.07, 6.45) is 3.88. The van der Waals surface area contributed by atoms with Crippen molar-refractivity contribution in [3.05, 3.63) is 82.3 Å². The van der Waals surface area contributed by atoms with E-state index in [1.807, 2.05) is 49.4 Å². The van der Waals surface area contributed by atoms with Crippen molar-refractivity contribution in [2.24, 2.45) is 0 Å². The summed E-state index contributed by atoms with van der Waals surface area (Å²) >= 11 is 5.88. The van der Waals surface area contributed by atoms with E-state index < -0.39 is 0 Å². The number of para-hydroxylation sites is 1. The Kier molecular flexibility index (Phi) is 6.04. The molecular weight excluding hydrogens is 360 g/mol. The number of anilines is 2. The van der Waals surface area contributed by atoms with Crippen LogP contribution in [0, 0.1) is 6.92 Å². The summed E-state index contributed by atoms with van der Waals surface area (Å²) in [7, 11) is 0. The number of hydrogen-bond acceptors (Lipinski definition) is 4. The molecule has 1 heterocycles. The van der Waals surface area contributed by atoms with E-state index >= 15 is 0 Å². The molecule has 2 N–H and O–H groups in total. The molecule has 3 aromatic rings. The van der Waals surface area contributed by atoms with Gasteiger partial charge in [0.2, 0.25) is 0 Å². The Morgan fingerprint density at radius 2 is 1.85 bits per heavy atom. The van der Waals surface area contributed by atoms with Crippen molar-refractivity contribution in [3.63, 3.8) is 0 Å². The van der Waals surface area contributed by atoms with Gasteiger partial charge in [0.1, 0.15) is 11.5 Å². The number of halogens is 1. The zero-order valence-corrected chi connectivity index (χ0v) is 16.0. The van der Waals surface area contributed by atoms with Crippen LogP contribution in [0.25, 0.3) is 0 Å². The van der Waals surface area contributed by atoms with E-state index in [9.17, 15) is 4.79 Å². The van der Waals surface area contributed by atoms with E-state index in [2.05, 4.69) is 27.5 Å². The molecule has 0 saturated heterocycles. The minimum atomic E-state index is -0.268. The Balaban J connectivity index is 1.64. The first-order valence-electron chi connectivity index (χ1n) is 8.77. The smallest absolute Gasteiger partial charge is 0.275 e. The highest BCUT2D eigenvalue weighted by molar-refractivity contribution is 6.30. The molecule has 0 saturated carbocycles. The molecule has 0 radical (unpaired) electrons. The van der Waals surface area contributed by atoms with Gasteiger partial charge in [0, 0.05) is 17.3 Å². The van der Waals surface area contributed by atoms with Crippen molar-refractivity contribution in [1.29, 1.82) is 0 Å². The average molecular weight is 381 g/mol. The van der Waals surface area contributed by atoms with Gasteiger partial charge < -0.3 is 10.6 Å². The Bertz CT molecular complexity index is 924. The summed E-state index contributed by atoms with van der Waals surface area (Å²) in [5, 5.41) is 6.83. The molecule has 27 heavy (non-hydrogen) atoms. The van der Waals surface area contributed by atoms with E-state index in [4.69, 9.17) is 11.6 Å². The third-order valence-corrected chi connectivity index (χ3v) is 4.50. The highest BCUT2D eigenvalue weighted by Crippen LogP contribution is 2.21. The van der Waals surface area contributed by atoms with Crippen molar-refractivity contribution in [2.45, 2.75) is 26.8 Å². The molecule has 0 spiro atoms. The number of carbonyl (C=O) groups excluding carboxylic acids is 1. The number of amides is 1. The Morgan fingerprint density at radius 1 is 1.07 bits per heavy atom. The zero-order chi connectivity index (χ0) is 19.2. The van der Waals surface area contributed by atoms with Crippen LogP contribution in [0.2, 0.25) is 5.02 Å². The lowest BCUT2D eigenvalue weighted by atomic mass is 10.1. The molecule has 0 aliphatic heterocycles. The fourth-order valence-electron chi connectivity index (χ4n) is 2.71. The molecule has 0 atom stereocenters. The summed E-state index contributed by atoms with van der Waals surface area (Å²) in [6.45, 7) is 4.63. The van der Waals surface area contributed by atoms with Crippen molar-refractivity contribution in [2.75, 3.05) is 10.6 Å². The number of nitrogens with zero attached hydrogens (tertiary/aromatic N) is 2. The van der Waals surface area contributed by atoms with Crippen LogP contribution in [0.5, 0.6) is 0 Å². The number of benzene rings is 2. The van der Waals surface area contributed by atoms with Gasteiger partial charge in [0.25, 0.3) is 5.91 Å². The lowest BCUT2D eigenvalue weighted by molar-refractivity contribution is 0.102. The number of hydrogen-bond donors (Lipinski definition) is 2. The van der Waals surface area contributed by atoms with Gasteiger partial charge in [-0.15, -0.1) is 0 Å². The van der Waals surface area contributed by atoms with E-state index in [0.29, 0.717) is 17.4 Å². The number of aromatic nitrogens is 2. The van der Waals surface area contributed by atoms with Crippen LogP contribution >= 0.6 is 11.6 Å². The Hall–Kier alpha value is -2.92. The van der Waals surface area contributed by atoms with Crippen LogP contribution in [0.15, 0.2) is 54.9 Å². The molecule has 6 heteroatoms. The SMILES string of the molecule is CCc1cccc(C)c1NC(=O)c1cnc(NCc2ccc(Cl)cc2)cn1. The molecule has 3 rings (SSSR count). The maximum atomic E-state index is 12.5. The van der Waals surface area contributed by atoms with Crippen LogP contribution in [-0.2, 0) is 13.0 Å². The lowest BCUT2D eigenvalue weighted by Crippen LogP contribution is -2.16. The van der Waals surface area contributed by atoms with Crippen molar-refractivity contribution >= 4 is 29.0 Å². The van der Waals surface area contributed by atoms with Crippen molar-refractivity contribution < 1.29 is 4.79 Å². The fraction of sp³-hybridized carbons (Fsp3) is 0.190. The average Bonchev–Trinajstić information content (AvgIpc) is 2.69.